The molecule has 11 heavy (non-hydrogen) atoms. The van der Waals surface area contributed by atoms with Crippen molar-refractivity contribution in [3.8, 4) is 11.5 Å². The van der Waals surface area contributed by atoms with Crippen LogP contribution in [0.2, 0.25) is 0 Å². The molecule has 4 heteroatoms. The first-order chi connectivity index (χ1) is 5.15. The van der Waals surface area contributed by atoms with E-state index in [2.05, 4.69) is 0 Å². The van der Waals surface area contributed by atoms with Gasteiger partial charge in [0, 0.05) is 12.1 Å². The van der Waals surface area contributed by atoms with Crippen LogP contribution in [0.5, 0.6) is 11.5 Å². The van der Waals surface area contributed by atoms with E-state index in [-0.39, 0.29) is 17.1 Å². The summed E-state index contributed by atoms with van der Waals surface area (Å²) < 4.78 is 4.86. The maximum absolute atomic E-state index is 9.12. The topological polar surface area (TPSA) is 81.5 Å². The molecule has 1 aromatic rings. The molecule has 0 atom stereocenters. The van der Waals surface area contributed by atoms with Crippen LogP contribution in [-0.4, -0.2) is 12.2 Å². The molecule has 0 spiro atoms. The van der Waals surface area contributed by atoms with Gasteiger partial charge in [0.15, 0.2) is 5.75 Å². The van der Waals surface area contributed by atoms with E-state index in [9.17, 15) is 0 Å². The summed E-state index contributed by atoms with van der Waals surface area (Å²) >= 11 is 0. The minimum absolute atomic E-state index is 0.0919. The Balaban J connectivity index is 3.21. The fraction of sp³-hybridized carbons (Fsp3) is 0.143. The molecule has 0 aliphatic rings. The van der Waals surface area contributed by atoms with Crippen LogP contribution in [0.3, 0.4) is 0 Å². The SMILES string of the molecule is COc1cc(N)c(O)c(N)c1. The summed E-state index contributed by atoms with van der Waals surface area (Å²) in [5, 5.41) is 9.12. The van der Waals surface area contributed by atoms with Crippen molar-refractivity contribution in [1.82, 2.24) is 0 Å². The molecule has 0 aromatic heterocycles. The molecule has 4 nitrogen and oxygen atoms in total. The van der Waals surface area contributed by atoms with Crippen LogP contribution in [0.4, 0.5) is 11.4 Å². The lowest BCUT2D eigenvalue weighted by Gasteiger charge is -2.05. The largest absolute Gasteiger partial charge is 0.504 e. The minimum atomic E-state index is -0.0919. The summed E-state index contributed by atoms with van der Waals surface area (Å²) in [6, 6.07) is 3.01. The monoisotopic (exact) mass is 154 g/mol. The third-order valence-corrected chi connectivity index (χ3v) is 1.38. The molecule has 0 aliphatic heterocycles. The molecular weight excluding hydrogens is 144 g/mol. The van der Waals surface area contributed by atoms with Crippen LogP contribution in [0.15, 0.2) is 12.1 Å². The van der Waals surface area contributed by atoms with Gasteiger partial charge in [0.05, 0.1) is 18.5 Å². The van der Waals surface area contributed by atoms with Gasteiger partial charge < -0.3 is 21.3 Å². The van der Waals surface area contributed by atoms with E-state index >= 15 is 0 Å². The van der Waals surface area contributed by atoms with E-state index in [1.807, 2.05) is 0 Å². The van der Waals surface area contributed by atoms with Gasteiger partial charge in [-0.15, -0.1) is 0 Å². The highest BCUT2D eigenvalue weighted by Crippen LogP contribution is 2.31. The van der Waals surface area contributed by atoms with Crippen LogP contribution < -0.4 is 16.2 Å². The number of phenols is 1. The Morgan fingerprint density at radius 3 is 2.09 bits per heavy atom. The second-order valence-electron chi connectivity index (χ2n) is 2.15. The first-order valence-electron chi connectivity index (χ1n) is 3.07. The van der Waals surface area contributed by atoms with Crippen molar-refractivity contribution in [1.29, 1.82) is 0 Å². The highest BCUT2D eigenvalue weighted by atomic mass is 16.5. The molecule has 1 rings (SSSR count). The van der Waals surface area contributed by atoms with Crippen LogP contribution in [-0.2, 0) is 0 Å². The second-order valence-corrected chi connectivity index (χ2v) is 2.15. The third-order valence-electron chi connectivity index (χ3n) is 1.38. The van der Waals surface area contributed by atoms with Crippen molar-refractivity contribution in [2.45, 2.75) is 0 Å². The molecule has 0 unspecified atom stereocenters. The molecule has 0 amide bonds. The molecule has 0 heterocycles. The average Bonchev–Trinajstić information content (AvgIpc) is 1.99. The lowest BCUT2D eigenvalue weighted by molar-refractivity contribution is 0.413. The number of ether oxygens (including phenoxy) is 1. The normalized spacial score (nSPS) is 9.55. The number of nitrogen functional groups attached to an aromatic ring is 2. The van der Waals surface area contributed by atoms with Gasteiger partial charge in [0.25, 0.3) is 0 Å². The zero-order valence-corrected chi connectivity index (χ0v) is 6.16. The molecule has 60 valence electrons. The molecule has 0 fully saturated rings. The Kier molecular flexibility index (Phi) is 1.76. The fourth-order valence-corrected chi connectivity index (χ4v) is 0.769. The lowest BCUT2D eigenvalue weighted by Crippen LogP contribution is -1.93. The molecule has 0 saturated heterocycles. The standard InChI is InChI=1S/C7H10N2O2/c1-11-4-2-5(8)7(10)6(9)3-4/h2-3,10H,8-9H2,1H3. The van der Waals surface area contributed by atoms with Crippen molar-refractivity contribution >= 4 is 11.4 Å². The number of aromatic hydroxyl groups is 1. The van der Waals surface area contributed by atoms with Gasteiger partial charge >= 0.3 is 0 Å². The van der Waals surface area contributed by atoms with Gasteiger partial charge in [-0.25, -0.2) is 0 Å². The molecule has 5 N–H and O–H groups in total. The van der Waals surface area contributed by atoms with Gasteiger partial charge in [-0.3, -0.25) is 0 Å². The molecular formula is C7H10N2O2. The van der Waals surface area contributed by atoms with E-state index < -0.39 is 0 Å². The summed E-state index contributed by atoms with van der Waals surface area (Å²) in [7, 11) is 1.51. The van der Waals surface area contributed by atoms with Crippen LogP contribution in [0.25, 0.3) is 0 Å². The second kappa shape index (κ2) is 2.57. The number of hydrogen-bond donors (Lipinski definition) is 3. The number of benzene rings is 1. The Morgan fingerprint density at radius 2 is 1.73 bits per heavy atom. The molecule has 0 bridgehead atoms. The number of rotatable bonds is 1. The number of anilines is 2. The van der Waals surface area contributed by atoms with Crippen molar-refractivity contribution in [3.05, 3.63) is 12.1 Å². The third kappa shape index (κ3) is 1.29. The zero-order valence-electron chi connectivity index (χ0n) is 6.16. The van der Waals surface area contributed by atoms with E-state index in [4.69, 9.17) is 21.3 Å². The van der Waals surface area contributed by atoms with E-state index in [0.717, 1.165) is 0 Å². The molecule has 0 radical (unpaired) electrons. The highest BCUT2D eigenvalue weighted by Gasteiger charge is 2.03. The van der Waals surface area contributed by atoms with Crippen LogP contribution in [0, 0.1) is 0 Å². The number of methoxy groups -OCH3 is 1. The number of hydrogen-bond acceptors (Lipinski definition) is 4. The number of phenolic OH excluding ortho intramolecular Hbond substituents is 1. The minimum Gasteiger partial charge on any atom is -0.504 e. The summed E-state index contributed by atoms with van der Waals surface area (Å²) in [4.78, 5) is 0. The predicted octanol–water partition coefficient (Wildman–Crippen LogP) is 0.565. The Morgan fingerprint density at radius 1 is 1.27 bits per heavy atom. The molecule has 0 aliphatic carbocycles. The van der Waals surface area contributed by atoms with Crippen molar-refractivity contribution in [3.63, 3.8) is 0 Å². The number of nitrogens with two attached hydrogens (primary N) is 2. The van der Waals surface area contributed by atoms with Crippen molar-refractivity contribution in [2.75, 3.05) is 18.6 Å². The predicted molar refractivity (Wildman–Crippen MR) is 43.5 cm³/mol. The van der Waals surface area contributed by atoms with Gasteiger partial charge in [-0.05, 0) is 0 Å². The summed E-state index contributed by atoms with van der Waals surface area (Å²) in [6.45, 7) is 0. The van der Waals surface area contributed by atoms with Gasteiger partial charge in [-0.1, -0.05) is 0 Å². The summed E-state index contributed by atoms with van der Waals surface area (Å²) in [6.07, 6.45) is 0. The summed E-state index contributed by atoms with van der Waals surface area (Å²) in [5.41, 5.74) is 11.2. The van der Waals surface area contributed by atoms with Crippen LogP contribution >= 0.6 is 0 Å². The highest BCUT2D eigenvalue weighted by molar-refractivity contribution is 5.69. The maximum Gasteiger partial charge on any atom is 0.161 e. The van der Waals surface area contributed by atoms with Gasteiger partial charge in [-0.2, -0.15) is 0 Å². The van der Waals surface area contributed by atoms with Crippen LogP contribution in [0.1, 0.15) is 0 Å². The van der Waals surface area contributed by atoms with E-state index in [1.54, 1.807) is 0 Å². The lowest BCUT2D eigenvalue weighted by atomic mass is 10.2. The average molecular weight is 154 g/mol. The smallest absolute Gasteiger partial charge is 0.161 e. The quantitative estimate of drug-likeness (QED) is 0.408. The summed E-state index contributed by atoms with van der Waals surface area (Å²) in [5.74, 6) is 0.448. The Bertz CT molecular complexity index is 250. The van der Waals surface area contributed by atoms with Crippen molar-refractivity contribution in [2.24, 2.45) is 0 Å². The fourth-order valence-electron chi connectivity index (χ4n) is 0.769. The first kappa shape index (κ1) is 7.53. The van der Waals surface area contributed by atoms with Crippen molar-refractivity contribution < 1.29 is 9.84 Å². The maximum atomic E-state index is 9.12. The Labute approximate surface area is 64.4 Å². The molecule has 1 aromatic carbocycles. The Hall–Kier alpha value is -1.58. The van der Waals surface area contributed by atoms with E-state index in [1.165, 1.54) is 19.2 Å². The van der Waals surface area contributed by atoms with E-state index in [0.29, 0.717) is 5.75 Å². The van der Waals surface area contributed by atoms with Gasteiger partial charge in [0.2, 0.25) is 0 Å². The first-order valence-corrected chi connectivity index (χ1v) is 3.07. The van der Waals surface area contributed by atoms with Gasteiger partial charge in [0.1, 0.15) is 5.75 Å². The molecule has 0 saturated carbocycles. The zero-order chi connectivity index (χ0) is 8.43.